The topological polar surface area (TPSA) is 47.7 Å². The zero-order valence-electron chi connectivity index (χ0n) is 12.7. The summed E-state index contributed by atoms with van der Waals surface area (Å²) in [5.74, 6) is 0.988. The highest BCUT2D eigenvalue weighted by molar-refractivity contribution is 5.83. The summed E-state index contributed by atoms with van der Waals surface area (Å²) in [7, 11) is 1.97. The van der Waals surface area contributed by atoms with Gasteiger partial charge in [-0.25, -0.2) is 9.67 Å². The third-order valence-corrected chi connectivity index (χ3v) is 3.69. The first-order valence-electron chi connectivity index (χ1n) is 7.30. The highest BCUT2D eigenvalue weighted by Crippen LogP contribution is 2.21. The van der Waals surface area contributed by atoms with Crippen LogP contribution in [0.5, 0.6) is 0 Å². The van der Waals surface area contributed by atoms with Crippen LogP contribution in [0, 0.1) is 0 Å². The summed E-state index contributed by atoms with van der Waals surface area (Å²) < 4.78 is 4.23. The summed E-state index contributed by atoms with van der Waals surface area (Å²) >= 11 is 0. The number of aromatic nitrogens is 4. The van der Waals surface area contributed by atoms with Crippen LogP contribution in [0.1, 0.15) is 31.3 Å². The van der Waals surface area contributed by atoms with Crippen molar-refractivity contribution in [2.45, 2.75) is 33.0 Å². The van der Waals surface area contributed by atoms with Crippen molar-refractivity contribution in [1.29, 1.82) is 0 Å². The number of nitrogens with zero attached hydrogens (tertiary/aromatic N) is 4. The fraction of sp³-hybridized carbons (Fsp3) is 0.375. The van der Waals surface area contributed by atoms with E-state index in [1.165, 1.54) is 16.5 Å². The van der Waals surface area contributed by atoms with Gasteiger partial charge in [0.25, 0.3) is 0 Å². The van der Waals surface area contributed by atoms with E-state index in [-0.39, 0.29) is 0 Å². The van der Waals surface area contributed by atoms with Crippen LogP contribution in [0.2, 0.25) is 0 Å². The summed E-state index contributed by atoms with van der Waals surface area (Å²) in [4.78, 5) is 4.41. The van der Waals surface area contributed by atoms with E-state index < -0.39 is 0 Å². The Labute approximate surface area is 124 Å². The van der Waals surface area contributed by atoms with Crippen LogP contribution in [-0.2, 0) is 13.1 Å². The van der Waals surface area contributed by atoms with E-state index in [2.05, 4.69) is 64.3 Å². The molecule has 0 spiro atoms. The van der Waals surface area contributed by atoms with Crippen LogP contribution in [0.3, 0.4) is 0 Å². The molecule has 2 aromatic heterocycles. The Bertz CT molecular complexity index is 738. The largest absolute Gasteiger partial charge is 0.340 e. The van der Waals surface area contributed by atoms with Gasteiger partial charge in [-0.05, 0) is 37.9 Å². The molecule has 3 aromatic rings. The summed E-state index contributed by atoms with van der Waals surface area (Å²) in [6.07, 6.45) is 3.76. The lowest BCUT2D eigenvalue weighted by molar-refractivity contribution is 0.498. The van der Waals surface area contributed by atoms with Crippen LogP contribution >= 0.6 is 0 Å². The number of benzene rings is 1. The molecule has 0 aliphatic carbocycles. The molecule has 5 heteroatoms. The molecule has 0 aliphatic rings. The lowest BCUT2D eigenvalue weighted by atomic mass is 10.1. The van der Waals surface area contributed by atoms with Crippen molar-refractivity contribution < 1.29 is 0 Å². The quantitative estimate of drug-likeness (QED) is 0.783. The highest BCUT2D eigenvalue weighted by atomic mass is 15.4. The van der Waals surface area contributed by atoms with E-state index in [1.807, 2.05) is 11.7 Å². The Kier molecular flexibility index (Phi) is 3.75. The molecule has 0 fully saturated rings. The summed E-state index contributed by atoms with van der Waals surface area (Å²) in [6.45, 7) is 5.84. The predicted molar refractivity (Wildman–Crippen MR) is 84.2 cm³/mol. The molecule has 2 heterocycles. The molecule has 0 aliphatic heterocycles. The number of para-hydroxylation sites is 1. The van der Waals surface area contributed by atoms with Crippen molar-refractivity contribution in [2.75, 3.05) is 7.05 Å². The summed E-state index contributed by atoms with van der Waals surface area (Å²) in [5.41, 5.74) is 2.57. The van der Waals surface area contributed by atoms with E-state index in [4.69, 9.17) is 0 Å². The van der Waals surface area contributed by atoms with Crippen LogP contribution in [0.4, 0.5) is 0 Å². The molecule has 1 aromatic carbocycles. The molecule has 0 saturated heterocycles. The number of fused-ring (bicyclic) bond motifs is 1. The lowest BCUT2D eigenvalue weighted by Gasteiger charge is -2.12. The van der Waals surface area contributed by atoms with Crippen molar-refractivity contribution in [3.05, 3.63) is 48.2 Å². The molecule has 0 saturated carbocycles. The van der Waals surface area contributed by atoms with Gasteiger partial charge in [0.1, 0.15) is 12.2 Å². The van der Waals surface area contributed by atoms with E-state index in [1.54, 1.807) is 6.33 Å². The van der Waals surface area contributed by atoms with E-state index in [0.29, 0.717) is 6.04 Å². The van der Waals surface area contributed by atoms with Crippen molar-refractivity contribution >= 4 is 10.9 Å². The summed E-state index contributed by atoms with van der Waals surface area (Å²) in [5, 5.41) is 8.81. The van der Waals surface area contributed by atoms with Gasteiger partial charge < -0.3 is 9.88 Å². The van der Waals surface area contributed by atoms with Crippen molar-refractivity contribution in [2.24, 2.45) is 0 Å². The Morgan fingerprint density at radius 3 is 2.86 bits per heavy atom. The average molecular weight is 283 g/mol. The van der Waals surface area contributed by atoms with Crippen LogP contribution < -0.4 is 5.32 Å². The number of hydrogen-bond donors (Lipinski definition) is 1. The van der Waals surface area contributed by atoms with Gasteiger partial charge in [0.15, 0.2) is 0 Å². The van der Waals surface area contributed by atoms with E-state index >= 15 is 0 Å². The standard InChI is InChI=1S/C16H21N5/c1-12(2)21-15(18-11-19-21)10-20-8-7-13-5-4-6-14(9-17-3)16(13)20/h4-8,11-12,17H,9-10H2,1-3H3. The van der Waals surface area contributed by atoms with Gasteiger partial charge in [-0.3, -0.25) is 0 Å². The number of rotatable bonds is 5. The zero-order valence-corrected chi connectivity index (χ0v) is 12.7. The maximum absolute atomic E-state index is 4.41. The molecule has 0 radical (unpaired) electrons. The Balaban J connectivity index is 2.02. The first-order valence-corrected chi connectivity index (χ1v) is 7.30. The molecule has 5 nitrogen and oxygen atoms in total. The van der Waals surface area contributed by atoms with Crippen molar-refractivity contribution in [1.82, 2.24) is 24.6 Å². The first kappa shape index (κ1) is 13.8. The van der Waals surface area contributed by atoms with Crippen LogP contribution in [0.25, 0.3) is 10.9 Å². The van der Waals surface area contributed by atoms with Gasteiger partial charge in [-0.15, -0.1) is 0 Å². The van der Waals surface area contributed by atoms with Crippen molar-refractivity contribution in [3.8, 4) is 0 Å². The molecule has 0 atom stereocenters. The molecule has 0 bridgehead atoms. The first-order chi connectivity index (χ1) is 10.2. The molecule has 3 rings (SSSR count). The normalized spacial score (nSPS) is 11.6. The highest BCUT2D eigenvalue weighted by Gasteiger charge is 2.11. The second kappa shape index (κ2) is 5.69. The maximum atomic E-state index is 4.41. The third-order valence-electron chi connectivity index (χ3n) is 3.69. The molecular weight excluding hydrogens is 262 g/mol. The molecule has 21 heavy (non-hydrogen) atoms. The minimum absolute atomic E-state index is 0.320. The SMILES string of the molecule is CNCc1cccc2ccn(Cc3ncnn3C(C)C)c12. The monoisotopic (exact) mass is 283 g/mol. The molecular formula is C16H21N5. The minimum Gasteiger partial charge on any atom is -0.340 e. The number of nitrogens with one attached hydrogen (secondary N) is 1. The minimum atomic E-state index is 0.320. The fourth-order valence-electron chi connectivity index (χ4n) is 2.78. The Hall–Kier alpha value is -2.14. The summed E-state index contributed by atoms with van der Waals surface area (Å²) in [6, 6.07) is 8.91. The number of hydrogen-bond acceptors (Lipinski definition) is 3. The van der Waals surface area contributed by atoms with Gasteiger partial charge >= 0.3 is 0 Å². The molecule has 0 unspecified atom stereocenters. The average Bonchev–Trinajstić information content (AvgIpc) is 3.08. The second-order valence-corrected chi connectivity index (χ2v) is 5.54. The zero-order chi connectivity index (χ0) is 14.8. The Morgan fingerprint density at radius 1 is 1.24 bits per heavy atom. The van der Waals surface area contributed by atoms with Gasteiger partial charge in [-0.2, -0.15) is 5.10 Å². The van der Waals surface area contributed by atoms with Gasteiger partial charge in [-0.1, -0.05) is 18.2 Å². The van der Waals surface area contributed by atoms with Crippen LogP contribution in [0.15, 0.2) is 36.8 Å². The van der Waals surface area contributed by atoms with Gasteiger partial charge in [0.05, 0.1) is 12.1 Å². The van der Waals surface area contributed by atoms with E-state index in [0.717, 1.165) is 18.9 Å². The lowest BCUT2D eigenvalue weighted by Crippen LogP contribution is -2.12. The van der Waals surface area contributed by atoms with E-state index in [9.17, 15) is 0 Å². The fourth-order valence-corrected chi connectivity index (χ4v) is 2.78. The maximum Gasteiger partial charge on any atom is 0.147 e. The molecule has 0 amide bonds. The predicted octanol–water partition coefficient (Wildman–Crippen LogP) is 2.58. The van der Waals surface area contributed by atoms with Crippen molar-refractivity contribution in [3.63, 3.8) is 0 Å². The van der Waals surface area contributed by atoms with Gasteiger partial charge in [0, 0.05) is 18.8 Å². The van der Waals surface area contributed by atoms with Crippen LogP contribution in [-0.4, -0.2) is 26.4 Å². The second-order valence-electron chi connectivity index (χ2n) is 5.54. The Morgan fingerprint density at radius 2 is 2.10 bits per heavy atom. The molecule has 110 valence electrons. The molecule has 1 N–H and O–H groups in total. The third kappa shape index (κ3) is 2.56. The smallest absolute Gasteiger partial charge is 0.147 e. The van der Waals surface area contributed by atoms with Gasteiger partial charge in [0.2, 0.25) is 0 Å².